The topological polar surface area (TPSA) is 44.8 Å². The molecule has 0 spiro atoms. The number of carbonyl (C=O) groups excluding carboxylic acids is 1. The van der Waals surface area contributed by atoms with Crippen LogP contribution in [0.15, 0.2) is 0 Å². The highest BCUT2D eigenvalue weighted by Gasteiger charge is 2.30. The minimum atomic E-state index is 0.231. The van der Waals surface area contributed by atoms with Gasteiger partial charge in [0, 0.05) is 45.9 Å². The van der Waals surface area contributed by atoms with Gasteiger partial charge in [-0.15, -0.1) is 0 Å². The fourth-order valence-electron chi connectivity index (χ4n) is 3.37. The molecule has 0 aromatic rings. The van der Waals surface area contributed by atoms with Gasteiger partial charge in [0.2, 0.25) is 5.91 Å². The highest BCUT2D eigenvalue weighted by molar-refractivity contribution is 5.79. The zero-order valence-electron chi connectivity index (χ0n) is 11.6. The fourth-order valence-corrected chi connectivity index (χ4v) is 3.37. The first-order chi connectivity index (χ1) is 9.33. The van der Waals surface area contributed by atoms with Crippen LogP contribution in [0.3, 0.4) is 0 Å². The zero-order valence-corrected chi connectivity index (χ0v) is 11.6. The van der Waals surface area contributed by atoms with Gasteiger partial charge in [-0.05, 0) is 25.3 Å². The Morgan fingerprint density at radius 1 is 1.21 bits per heavy atom. The second kappa shape index (κ2) is 6.20. The Bertz CT molecular complexity index is 304. The summed E-state index contributed by atoms with van der Waals surface area (Å²) in [4.78, 5) is 16.9. The van der Waals surface area contributed by atoms with E-state index >= 15 is 0 Å². The maximum Gasteiger partial charge on any atom is 0.227 e. The molecule has 0 aliphatic carbocycles. The van der Waals surface area contributed by atoms with Crippen molar-refractivity contribution in [2.45, 2.75) is 12.8 Å². The summed E-state index contributed by atoms with van der Waals surface area (Å²) in [6.07, 6.45) is 2.21. The van der Waals surface area contributed by atoms with Crippen LogP contribution in [0.2, 0.25) is 0 Å². The van der Waals surface area contributed by atoms with Gasteiger partial charge in [-0.1, -0.05) is 0 Å². The zero-order chi connectivity index (χ0) is 13.1. The maximum atomic E-state index is 12.3. The minimum absolute atomic E-state index is 0.231. The number of ether oxygens (including phenoxy) is 1. The quantitative estimate of drug-likeness (QED) is 0.768. The van der Waals surface area contributed by atoms with Crippen LogP contribution in [0.25, 0.3) is 0 Å². The molecule has 3 aliphatic rings. The summed E-state index contributed by atoms with van der Waals surface area (Å²) >= 11 is 0. The lowest BCUT2D eigenvalue weighted by Gasteiger charge is -2.36. The van der Waals surface area contributed by atoms with Crippen LogP contribution in [-0.4, -0.2) is 74.7 Å². The van der Waals surface area contributed by atoms with Crippen LogP contribution < -0.4 is 5.32 Å². The van der Waals surface area contributed by atoms with Crippen molar-refractivity contribution < 1.29 is 9.53 Å². The second-order valence-corrected chi connectivity index (χ2v) is 6.05. The maximum absolute atomic E-state index is 12.3. The Kier molecular flexibility index (Phi) is 4.35. The molecule has 5 nitrogen and oxygen atoms in total. The predicted molar refractivity (Wildman–Crippen MR) is 72.9 cm³/mol. The lowest BCUT2D eigenvalue weighted by Crippen LogP contribution is -2.51. The molecule has 0 aromatic heterocycles. The van der Waals surface area contributed by atoms with Crippen LogP contribution in [0.5, 0.6) is 0 Å². The molecule has 0 radical (unpaired) electrons. The first kappa shape index (κ1) is 13.3. The molecule has 108 valence electrons. The molecule has 2 unspecified atom stereocenters. The molecular weight excluding hydrogens is 242 g/mol. The van der Waals surface area contributed by atoms with E-state index < -0.39 is 0 Å². The van der Waals surface area contributed by atoms with Crippen molar-refractivity contribution in [1.29, 1.82) is 0 Å². The third-order valence-corrected chi connectivity index (χ3v) is 4.63. The summed E-state index contributed by atoms with van der Waals surface area (Å²) < 4.78 is 5.43. The standard InChI is InChI=1S/C14H25N3O2/c18-14(13-1-3-15-9-13)17-6-4-16(5-7-17)10-12-2-8-19-11-12/h12-13,15H,1-11H2. The van der Waals surface area contributed by atoms with Crippen molar-refractivity contribution in [3.63, 3.8) is 0 Å². The fraction of sp³-hybridized carbons (Fsp3) is 0.929. The first-order valence-electron chi connectivity index (χ1n) is 7.62. The summed E-state index contributed by atoms with van der Waals surface area (Å²) in [6.45, 7) is 8.74. The summed E-state index contributed by atoms with van der Waals surface area (Å²) in [6, 6.07) is 0. The van der Waals surface area contributed by atoms with Gasteiger partial charge in [-0.3, -0.25) is 9.69 Å². The highest BCUT2D eigenvalue weighted by atomic mass is 16.5. The largest absolute Gasteiger partial charge is 0.381 e. The van der Waals surface area contributed by atoms with Crippen LogP contribution in [0.1, 0.15) is 12.8 Å². The molecule has 19 heavy (non-hydrogen) atoms. The van der Waals surface area contributed by atoms with Crippen molar-refractivity contribution in [2.24, 2.45) is 11.8 Å². The van der Waals surface area contributed by atoms with Crippen molar-refractivity contribution in [3.8, 4) is 0 Å². The van der Waals surface area contributed by atoms with Crippen molar-refractivity contribution in [1.82, 2.24) is 15.1 Å². The minimum Gasteiger partial charge on any atom is -0.381 e. The lowest BCUT2D eigenvalue weighted by atomic mass is 10.1. The van der Waals surface area contributed by atoms with Crippen molar-refractivity contribution in [2.75, 3.05) is 59.0 Å². The van der Waals surface area contributed by atoms with Crippen LogP contribution in [0, 0.1) is 11.8 Å². The third-order valence-electron chi connectivity index (χ3n) is 4.63. The molecule has 2 atom stereocenters. The third kappa shape index (κ3) is 3.27. The predicted octanol–water partition coefficient (Wildman–Crippen LogP) is -0.223. The van der Waals surface area contributed by atoms with E-state index in [9.17, 15) is 4.79 Å². The van der Waals surface area contributed by atoms with E-state index in [0.717, 1.165) is 65.4 Å². The van der Waals surface area contributed by atoms with Crippen molar-refractivity contribution in [3.05, 3.63) is 0 Å². The average Bonchev–Trinajstić information content (AvgIpc) is 3.12. The Morgan fingerprint density at radius 2 is 2.05 bits per heavy atom. The molecule has 0 aromatic carbocycles. The smallest absolute Gasteiger partial charge is 0.227 e. The van der Waals surface area contributed by atoms with Gasteiger partial charge in [-0.2, -0.15) is 0 Å². The number of amides is 1. The number of nitrogens with zero attached hydrogens (tertiary/aromatic N) is 2. The van der Waals surface area contributed by atoms with Gasteiger partial charge < -0.3 is 15.0 Å². The van der Waals surface area contributed by atoms with E-state index in [2.05, 4.69) is 15.1 Å². The Hall–Kier alpha value is -0.650. The molecule has 3 saturated heterocycles. The van der Waals surface area contributed by atoms with Crippen LogP contribution in [0.4, 0.5) is 0 Å². The molecular formula is C14H25N3O2. The Labute approximate surface area is 115 Å². The number of hydrogen-bond acceptors (Lipinski definition) is 4. The molecule has 5 heteroatoms. The Balaban J connectivity index is 1.42. The molecule has 3 heterocycles. The number of carbonyl (C=O) groups is 1. The normalized spacial score (nSPS) is 32.9. The summed E-state index contributed by atoms with van der Waals surface area (Å²) in [5, 5.41) is 3.28. The molecule has 1 amide bonds. The SMILES string of the molecule is O=C(C1CCNC1)N1CCN(CC2CCOC2)CC1. The van der Waals surface area contributed by atoms with Gasteiger partial charge >= 0.3 is 0 Å². The van der Waals surface area contributed by atoms with E-state index in [1.165, 1.54) is 6.42 Å². The van der Waals surface area contributed by atoms with E-state index in [0.29, 0.717) is 11.8 Å². The van der Waals surface area contributed by atoms with Gasteiger partial charge in [-0.25, -0.2) is 0 Å². The number of hydrogen-bond donors (Lipinski definition) is 1. The van der Waals surface area contributed by atoms with E-state index in [-0.39, 0.29) is 5.92 Å². The van der Waals surface area contributed by atoms with Gasteiger partial charge in [0.25, 0.3) is 0 Å². The summed E-state index contributed by atoms with van der Waals surface area (Å²) in [5.74, 6) is 1.31. The molecule has 1 N–H and O–H groups in total. The number of rotatable bonds is 3. The summed E-state index contributed by atoms with van der Waals surface area (Å²) in [7, 11) is 0. The van der Waals surface area contributed by atoms with Crippen molar-refractivity contribution >= 4 is 5.91 Å². The average molecular weight is 267 g/mol. The Morgan fingerprint density at radius 3 is 2.68 bits per heavy atom. The molecule has 3 aliphatic heterocycles. The van der Waals surface area contributed by atoms with E-state index in [4.69, 9.17) is 4.74 Å². The van der Waals surface area contributed by atoms with Crippen LogP contribution in [-0.2, 0) is 9.53 Å². The molecule has 0 bridgehead atoms. The van der Waals surface area contributed by atoms with Gasteiger partial charge in [0.1, 0.15) is 0 Å². The molecule has 3 rings (SSSR count). The van der Waals surface area contributed by atoms with Crippen LogP contribution >= 0.6 is 0 Å². The number of nitrogens with one attached hydrogen (secondary N) is 1. The highest BCUT2D eigenvalue weighted by Crippen LogP contribution is 2.17. The second-order valence-electron chi connectivity index (χ2n) is 6.05. The first-order valence-corrected chi connectivity index (χ1v) is 7.62. The monoisotopic (exact) mass is 267 g/mol. The molecule has 3 fully saturated rings. The number of piperazine rings is 1. The lowest BCUT2D eigenvalue weighted by molar-refractivity contribution is -0.136. The molecule has 0 saturated carbocycles. The van der Waals surface area contributed by atoms with E-state index in [1.807, 2.05) is 0 Å². The van der Waals surface area contributed by atoms with E-state index in [1.54, 1.807) is 0 Å². The summed E-state index contributed by atoms with van der Waals surface area (Å²) in [5.41, 5.74) is 0. The van der Waals surface area contributed by atoms with Gasteiger partial charge in [0.05, 0.1) is 12.5 Å². The van der Waals surface area contributed by atoms with Gasteiger partial charge in [0.15, 0.2) is 0 Å².